The van der Waals surface area contributed by atoms with Gasteiger partial charge in [-0.1, -0.05) is 0 Å². The Morgan fingerprint density at radius 3 is 3.16 bits per heavy atom. The van der Waals surface area contributed by atoms with E-state index in [1.165, 1.54) is 0 Å². The van der Waals surface area contributed by atoms with E-state index in [1.807, 2.05) is 6.92 Å². The number of rotatable bonds is 3. The van der Waals surface area contributed by atoms with Crippen molar-refractivity contribution in [2.75, 3.05) is 31.5 Å². The first-order valence-corrected chi connectivity index (χ1v) is 6.47. The number of pyridine rings is 1. The number of nitrogens with one attached hydrogen (secondary N) is 2. The first-order valence-electron chi connectivity index (χ1n) is 6.47. The summed E-state index contributed by atoms with van der Waals surface area (Å²) < 4.78 is 0. The number of hydrogen-bond donors (Lipinski definition) is 2. The molecule has 1 fully saturated rings. The third-order valence-electron chi connectivity index (χ3n) is 2.98. The molecule has 1 aromatic heterocycles. The van der Waals surface area contributed by atoms with Crippen LogP contribution in [0, 0.1) is 0 Å². The van der Waals surface area contributed by atoms with Gasteiger partial charge < -0.3 is 15.5 Å². The minimum atomic E-state index is -0.0828. The maximum absolute atomic E-state index is 12.5. The second-order valence-corrected chi connectivity index (χ2v) is 4.32. The summed E-state index contributed by atoms with van der Waals surface area (Å²) in [4.78, 5) is 29.6. The van der Waals surface area contributed by atoms with Gasteiger partial charge in [0.05, 0.1) is 5.56 Å². The first-order chi connectivity index (χ1) is 9.22. The molecule has 6 nitrogen and oxygen atoms in total. The van der Waals surface area contributed by atoms with Crippen molar-refractivity contribution in [3.8, 4) is 0 Å². The van der Waals surface area contributed by atoms with Gasteiger partial charge in [-0.25, -0.2) is 4.98 Å². The lowest BCUT2D eigenvalue weighted by Gasteiger charge is -2.20. The summed E-state index contributed by atoms with van der Waals surface area (Å²) in [5.41, 5.74) is 0.554. The summed E-state index contributed by atoms with van der Waals surface area (Å²) in [7, 11) is 0. The molecule has 0 aliphatic carbocycles. The van der Waals surface area contributed by atoms with Crippen LogP contribution in [0.5, 0.6) is 0 Å². The Morgan fingerprint density at radius 1 is 1.53 bits per heavy atom. The second-order valence-electron chi connectivity index (χ2n) is 4.32. The molecule has 0 aromatic carbocycles. The molecule has 1 aromatic rings. The molecular weight excluding hydrogens is 244 g/mol. The van der Waals surface area contributed by atoms with E-state index in [-0.39, 0.29) is 11.8 Å². The predicted molar refractivity (Wildman–Crippen MR) is 71.9 cm³/mol. The van der Waals surface area contributed by atoms with Crippen LogP contribution in [0.3, 0.4) is 0 Å². The molecule has 0 saturated carbocycles. The number of aromatic nitrogens is 1. The number of nitrogens with zero attached hydrogens (tertiary/aromatic N) is 2. The molecule has 0 radical (unpaired) electrons. The first kappa shape index (κ1) is 13.3. The molecule has 0 spiro atoms. The molecule has 1 aliphatic rings. The zero-order valence-electron chi connectivity index (χ0n) is 11.0. The van der Waals surface area contributed by atoms with Gasteiger partial charge >= 0.3 is 0 Å². The fourth-order valence-corrected chi connectivity index (χ4v) is 2.03. The third kappa shape index (κ3) is 3.21. The summed E-state index contributed by atoms with van der Waals surface area (Å²) in [5, 5.41) is 5.84. The van der Waals surface area contributed by atoms with Crippen molar-refractivity contribution in [2.45, 2.75) is 13.3 Å². The largest absolute Gasteiger partial charge is 0.370 e. The van der Waals surface area contributed by atoms with Crippen LogP contribution in [0.1, 0.15) is 23.7 Å². The Hall–Kier alpha value is -2.11. The Bertz CT molecular complexity index is 475. The van der Waals surface area contributed by atoms with Gasteiger partial charge in [0.15, 0.2) is 0 Å². The minimum absolute atomic E-state index is 0.00612. The van der Waals surface area contributed by atoms with Crippen LogP contribution in [-0.2, 0) is 4.79 Å². The lowest BCUT2D eigenvalue weighted by Crippen LogP contribution is -2.34. The zero-order chi connectivity index (χ0) is 13.7. The van der Waals surface area contributed by atoms with Crippen LogP contribution in [0.2, 0.25) is 0 Å². The van der Waals surface area contributed by atoms with Crippen LogP contribution in [0.15, 0.2) is 18.3 Å². The molecule has 0 atom stereocenters. The average molecular weight is 262 g/mol. The van der Waals surface area contributed by atoms with Gasteiger partial charge in [-0.3, -0.25) is 9.59 Å². The van der Waals surface area contributed by atoms with Gasteiger partial charge in [0.2, 0.25) is 5.91 Å². The molecular formula is C13H18N4O2. The van der Waals surface area contributed by atoms with Gasteiger partial charge in [-0.05, 0) is 19.1 Å². The number of carbonyl (C=O) groups is 2. The van der Waals surface area contributed by atoms with Crippen molar-refractivity contribution in [2.24, 2.45) is 0 Å². The topological polar surface area (TPSA) is 74.3 Å². The van der Waals surface area contributed by atoms with Gasteiger partial charge in [0.1, 0.15) is 5.82 Å². The molecule has 6 heteroatoms. The van der Waals surface area contributed by atoms with Gasteiger partial charge in [0.25, 0.3) is 5.91 Å². The van der Waals surface area contributed by atoms with Gasteiger partial charge in [0, 0.05) is 38.8 Å². The van der Waals surface area contributed by atoms with E-state index < -0.39 is 0 Å². The van der Waals surface area contributed by atoms with E-state index in [9.17, 15) is 9.59 Å². The maximum atomic E-state index is 12.5. The molecule has 0 unspecified atom stereocenters. The Kier molecular flexibility index (Phi) is 4.33. The zero-order valence-corrected chi connectivity index (χ0v) is 11.0. The molecule has 102 valence electrons. The van der Waals surface area contributed by atoms with Crippen LogP contribution in [0.4, 0.5) is 5.82 Å². The fourth-order valence-electron chi connectivity index (χ4n) is 2.03. The summed E-state index contributed by atoms with van der Waals surface area (Å²) >= 11 is 0. The summed E-state index contributed by atoms with van der Waals surface area (Å²) in [5.74, 6) is 0.507. The second kappa shape index (κ2) is 6.17. The van der Waals surface area contributed by atoms with Crippen molar-refractivity contribution in [1.82, 2.24) is 15.2 Å². The normalized spacial score (nSPS) is 15.6. The summed E-state index contributed by atoms with van der Waals surface area (Å²) in [6.07, 6.45) is 2.00. The van der Waals surface area contributed by atoms with E-state index in [4.69, 9.17) is 0 Å². The molecule has 1 aliphatic heterocycles. The van der Waals surface area contributed by atoms with Crippen molar-refractivity contribution >= 4 is 17.6 Å². The third-order valence-corrected chi connectivity index (χ3v) is 2.98. The van der Waals surface area contributed by atoms with E-state index in [0.717, 1.165) is 0 Å². The Balaban J connectivity index is 2.16. The van der Waals surface area contributed by atoms with Crippen molar-refractivity contribution in [3.05, 3.63) is 23.9 Å². The SMILES string of the molecule is CCNc1ncccc1C(=O)N1CCNC(=O)CC1. The lowest BCUT2D eigenvalue weighted by molar-refractivity contribution is -0.120. The molecule has 2 rings (SSSR count). The van der Waals surface area contributed by atoms with Crippen molar-refractivity contribution in [3.63, 3.8) is 0 Å². The van der Waals surface area contributed by atoms with Gasteiger partial charge in [-0.15, -0.1) is 0 Å². The monoisotopic (exact) mass is 262 g/mol. The highest BCUT2D eigenvalue weighted by atomic mass is 16.2. The molecule has 1 saturated heterocycles. The molecule has 2 N–H and O–H groups in total. The number of amides is 2. The highest BCUT2D eigenvalue weighted by Gasteiger charge is 2.22. The van der Waals surface area contributed by atoms with Crippen LogP contribution < -0.4 is 10.6 Å². The number of hydrogen-bond acceptors (Lipinski definition) is 4. The van der Waals surface area contributed by atoms with Crippen molar-refractivity contribution < 1.29 is 9.59 Å². The quantitative estimate of drug-likeness (QED) is 0.830. The standard InChI is InChI=1S/C13H18N4O2/c1-2-14-12-10(4-3-6-16-12)13(19)17-8-5-11(18)15-7-9-17/h3-4,6H,2,5,7-9H2,1H3,(H,14,16)(H,15,18). The van der Waals surface area contributed by atoms with Crippen LogP contribution >= 0.6 is 0 Å². The van der Waals surface area contributed by atoms with Gasteiger partial charge in [-0.2, -0.15) is 0 Å². The molecule has 2 heterocycles. The highest BCUT2D eigenvalue weighted by molar-refractivity contribution is 5.99. The van der Waals surface area contributed by atoms with Crippen LogP contribution in [0.25, 0.3) is 0 Å². The molecule has 2 amide bonds. The number of anilines is 1. The smallest absolute Gasteiger partial charge is 0.257 e. The predicted octanol–water partition coefficient (Wildman–Crippen LogP) is 0.475. The van der Waals surface area contributed by atoms with E-state index in [1.54, 1.807) is 23.2 Å². The van der Waals surface area contributed by atoms with Crippen LogP contribution in [-0.4, -0.2) is 47.9 Å². The van der Waals surface area contributed by atoms with E-state index in [2.05, 4.69) is 15.6 Å². The summed E-state index contributed by atoms with van der Waals surface area (Å²) in [6, 6.07) is 3.50. The fraction of sp³-hybridized carbons (Fsp3) is 0.462. The van der Waals surface area contributed by atoms with E-state index >= 15 is 0 Å². The Labute approximate surface area is 112 Å². The van der Waals surface area contributed by atoms with Crippen molar-refractivity contribution in [1.29, 1.82) is 0 Å². The summed E-state index contributed by atoms with van der Waals surface area (Å²) in [6.45, 7) is 4.15. The minimum Gasteiger partial charge on any atom is -0.370 e. The van der Waals surface area contributed by atoms with E-state index in [0.29, 0.717) is 44.0 Å². The lowest BCUT2D eigenvalue weighted by atomic mass is 10.2. The highest BCUT2D eigenvalue weighted by Crippen LogP contribution is 2.14. The average Bonchev–Trinajstić information content (AvgIpc) is 2.64. The maximum Gasteiger partial charge on any atom is 0.257 e. The number of carbonyl (C=O) groups excluding carboxylic acids is 2. The molecule has 0 bridgehead atoms. The Morgan fingerprint density at radius 2 is 2.37 bits per heavy atom. The molecule has 19 heavy (non-hydrogen) atoms.